The van der Waals surface area contributed by atoms with Crippen molar-refractivity contribution in [3.63, 3.8) is 0 Å². The van der Waals surface area contributed by atoms with Gasteiger partial charge in [0.1, 0.15) is 10.8 Å². The van der Waals surface area contributed by atoms with E-state index in [1.54, 1.807) is 43.5 Å². The molecule has 0 saturated heterocycles. The van der Waals surface area contributed by atoms with E-state index in [4.69, 9.17) is 27.9 Å². The number of rotatable bonds is 5. The molecule has 1 heterocycles. The van der Waals surface area contributed by atoms with Gasteiger partial charge in [-0.15, -0.1) is 0 Å². The van der Waals surface area contributed by atoms with Gasteiger partial charge in [0.05, 0.1) is 22.4 Å². The number of aromatic nitrogens is 1. The van der Waals surface area contributed by atoms with Gasteiger partial charge in [-0.05, 0) is 37.3 Å². The molecule has 116 valence electrons. The van der Waals surface area contributed by atoms with Crippen LogP contribution >= 0.6 is 35.0 Å². The Bertz CT molecular complexity index is 682. The molecule has 1 unspecified atom stereocenters. The van der Waals surface area contributed by atoms with Crippen LogP contribution in [0.1, 0.15) is 6.92 Å². The van der Waals surface area contributed by atoms with Crippen LogP contribution in [0.2, 0.25) is 10.0 Å². The third-order valence-corrected chi connectivity index (χ3v) is 4.63. The maximum absolute atomic E-state index is 12.2. The number of carbonyl (C=O) groups excluding carboxylic acids is 1. The van der Waals surface area contributed by atoms with Crippen molar-refractivity contribution >= 4 is 46.6 Å². The zero-order valence-corrected chi connectivity index (χ0v) is 14.3. The summed E-state index contributed by atoms with van der Waals surface area (Å²) in [5, 5.41) is 4.04. The van der Waals surface area contributed by atoms with Gasteiger partial charge in [0.2, 0.25) is 5.91 Å². The Kier molecular flexibility index (Phi) is 5.94. The highest BCUT2D eigenvalue weighted by Gasteiger charge is 2.17. The van der Waals surface area contributed by atoms with Crippen molar-refractivity contribution in [1.82, 2.24) is 4.98 Å². The summed E-state index contributed by atoms with van der Waals surface area (Å²) in [6, 6.07) is 8.56. The zero-order chi connectivity index (χ0) is 16.1. The smallest absolute Gasteiger partial charge is 0.237 e. The van der Waals surface area contributed by atoms with E-state index in [9.17, 15) is 4.79 Å². The molecular weight excluding hydrogens is 343 g/mol. The normalized spacial score (nSPS) is 11.8. The molecule has 4 nitrogen and oxygen atoms in total. The molecule has 0 aliphatic rings. The molecule has 0 spiro atoms. The van der Waals surface area contributed by atoms with Crippen LogP contribution in [0.5, 0.6) is 5.75 Å². The first-order chi connectivity index (χ1) is 10.5. The van der Waals surface area contributed by atoms with Gasteiger partial charge in [-0.3, -0.25) is 4.79 Å². The van der Waals surface area contributed by atoms with Crippen LogP contribution in [0, 0.1) is 0 Å². The lowest BCUT2D eigenvalue weighted by Crippen LogP contribution is -2.22. The Hall–Kier alpha value is -1.43. The second kappa shape index (κ2) is 7.72. The predicted octanol–water partition coefficient (Wildman–Crippen LogP) is 4.52. The fourth-order valence-electron chi connectivity index (χ4n) is 1.67. The summed E-state index contributed by atoms with van der Waals surface area (Å²) in [4.78, 5) is 16.4. The highest BCUT2D eigenvalue weighted by atomic mass is 35.5. The molecule has 0 bridgehead atoms. The van der Waals surface area contributed by atoms with Gasteiger partial charge in [0, 0.05) is 11.9 Å². The molecule has 1 N–H and O–H groups in total. The number of carbonyl (C=O) groups is 1. The monoisotopic (exact) mass is 356 g/mol. The number of nitrogens with zero attached hydrogens (tertiary/aromatic N) is 1. The maximum Gasteiger partial charge on any atom is 0.237 e. The maximum atomic E-state index is 12.2. The first-order valence-electron chi connectivity index (χ1n) is 6.43. The SMILES string of the molecule is COc1ccc(NC(=O)C(C)Sc2ncccc2Cl)cc1Cl. The van der Waals surface area contributed by atoms with Crippen molar-refractivity contribution < 1.29 is 9.53 Å². The average Bonchev–Trinajstić information content (AvgIpc) is 2.49. The van der Waals surface area contributed by atoms with Crippen LogP contribution in [0.3, 0.4) is 0 Å². The van der Waals surface area contributed by atoms with Crippen molar-refractivity contribution in [2.75, 3.05) is 12.4 Å². The molecule has 22 heavy (non-hydrogen) atoms. The third kappa shape index (κ3) is 4.29. The highest BCUT2D eigenvalue weighted by molar-refractivity contribution is 8.00. The molecular formula is C15H14Cl2N2O2S. The summed E-state index contributed by atoms with van der Waals surface area (Å²) in [6.45, 7) is 1.79. The summed E-state index contributed by atoms with van der Waals surface area (Å²) in [5.41, 5.74) is 0.607. The van der Waals surface area contributed by atoms with Gasteiger partial charge in [-0.1, -0.05) is 35.0 Å². The molecule has 0 aliphatic heterocycles. The number of ether oxygens (including phenoxy) is 1. The number of methoxy groups -OCH3 is 1. The molecule has 1 aromatic heterocycles. The van der Waals surface area contributed by atoms with Crippen LogP contribution in [-0.4, -0.2) is 23.3 Å². The molecule has 2 aromatic rings. The molecule has 1 atom stereocenters. The van der Waals surface area contributed by atoms with E-state index in [2.05, 4.69) is 10.3 Å². The van der Waals surface area contributed by atoms with Gasteiger partial charge in [0.15, 0.2) is 0 Å². The standard InChI is InChI=1S/C15H14Cl2N2O2S/c1-9(22-15-11(16)4-3-7-18-15)14(20)19-10-5-6-13(21-2)12(17)8-10/h3-9H,1-2H3,(H,19,20). The van der Waals surface area contributed by atoms with Crippen LogP contribution in [0.15, 0.2) is 41.6 Å². The molecule has 1 aromatic carbocycles. The predicted molar refractivity (Wildman–Crippen MR) is 91.2 cm³/mol. The number of halogens is 2. The zero-order valence-electron chi connectivity index (χ0n) is 12.0. The molecule has 0 saturated carbocycles. The summed E-state index contributed by atoms with van der Waals surface area (Å²) in [7, 11) is 1.54. The summed E-state index contributed by atoms with van der Waals surface area (Å²) in [6.07, 6.45) is 1.64. The number of amides is 1. The summed E-state index contributed by atoms with van der Waals surface area (Å²) in [5.74, 6) is 0.398. The Morgan fingerprint density at radius 1 is 1.32 bits per heavy atom. The third-order valence-electron chi connectivity index (χ3n) is 2.80. The Morgan fingerprint density at radius 2 is 2.09 bits per heavy atom. The fraction of sp³-hybridized carbons (Fsp3) is 0.200. The molecule has 0 aliphatic carbocycles. The Morgan fingerprint density at radius 3 is 2.73 bits per heavy atom. The van der Waals surface area contributed by atoms with E-state index in [0.717, 1.165) is 0 Å². The fourth-order valence-corrected chi connectivity index (χ4v) is 2.98. The highest BCUT2D eigenvalue weighted by Crippen LogP contribution is 2.30. The number of thioether (sulfide) groups is 1. The first kappa shape index (κ1) is 16.9. The molecule has 1 amide bonds. The topological polar surface area (TPSA) is 51.2 Å². The van der Waals surface area contributed by atoms with E-state index in [0.29, 0.717) is 26.5 Å². The second-order valence-electron chi connectivity index (χ2n) is 4.39. The number of anilines is 1. The van der Waals surface area contributed by atoms with E-state index >= 15 is 0 Å². The van der Waals surface area contributed by atoms with Gasteiger partial charge in [0.25, 0.3) is 0 Å². The number of nitrogens with one attached hydrogen (secondary N) is 1. The van der Waals surface area contributed by atoms with E-state index in [-0.39, 0.29) is 11.2 Å². The molecule has 0 fully saturated rings. The van der Waals surface area contributed by atoms with Crippen molar-refractivity contribution in [2.45, 2.75) is 17.2 Å². The van der Waals surface area contributed by atoms with Crippen molar-refractivity contribution in [3.8, 4) is 5.75 Å². The van der Waals surface area contributed by atoms with Crippen LogP contribution in [0.25, 0.3) is 0 Å². The van der Waals surface area contributed by atoms with Crippen LogP contribution in [-0.2, 0) is 4.79 Å². The average molecular weight is 357 g/mol. The summed E-state index contributed by atoms with van der Waals surface area (Å²) < 4.78 is 5.07. The minimum atomic E-state index is -0.353. The quantitative estimate of drug-likeness (QED) is 0.800. The molecule has 0 radical (unpaired) electrons. The number of pyridine rings is 1. The lowest BCUT2D eigenvalue weighted by molar-refractivity contribution is -0.115. The number of benzene rings is 1. The van der Waals surface area contributed by atoms with Gasteiger partial charge < -0.3 is 10.1 Å². The van der Waals surface area contributed by atoms with Crippen molar-refractivity contribution in [1.29, 1.82) is 0 Å². The van der Waals surface area contributed by atoms with Gasteiger partial charge >= 0.3 is 0 Å². The van der Waals surface area contributed by atoms with Gasteiger partial charge in [-0.2, -0.15) is 0 Å². The first-order valence-corrected chi connectivity index (χ1v) is 8.06. The molecule has 7 heteroatoms. The lowest BCUT2D eigenvalue weighted by Gasteiger charge is -2.13. The lowest BCUT2D eigenvalue weighted by atomic mass is 10.3. The summed E-state index contributed by atoms with van der Waals surface area (Å²) >= 11 is 13.4. The Labute approximate surface area is 143 Å². The second-order valence-corrected chi connectivity index (χ2v) is 6.53. The number of hydrogen-bond donors (Lipinski definition) is 1. The van der Waals surface area contributed by atoms with Crippen molar-refractivity contribution in [2.24, 2.45) is 0 Å². The van der Waals surface area contributed by atoms with Crippen molar-refractivity contribution in [3.05, 3.63) is 46.6 Å². The van der Waals surface area contributed by atoms with Crippen LogP contribution < -0.4 is 10.1 Å². The minimum absolute atomic E-state index is 0.159. The van der Waals surface area contributed by atoms with E-state index in [1.807, 2.05) is 0 Å². The number of hydrogen-bond acceptors (Lipinski definition) is 4. The Balaban J connectivity index is 2.02. The van der Waals surface area contributed by atoms with E-state index in [1.165, 1.54) is 18.9 Å². The van der Waals surface area contributed by atoms with Gasteiger partial charge in [-0.25, -0.2) is 4.98 Å². The van der Waals surface area contributed by atoms with Crippen LogP contribution in [0.4, 0.5) is 5.69 Å². The largest absolute Gasteiger partial charge is 0.495 e. The minimum Gasteiger partial charge on any atom is -0.495 e. The van der Waals surface area contributed by atoms with E-state index < -0.39 is 0 Å². The molecule has 2 rings (SSSR count).